The molecule has 0 bridgehead atoms. The highest BCUT2D eigenvalue weighted by Crippen LogP contribution is 2.34. The van der Waals surface area contributed by atoms with Crippen LogP contribution in [0.5, 0.6) is 5.75 Å². The van der Waals surface area contributed by atoms with Crippen LogP contribution >= 0.6 is 23.4 Å². The SMILES string of the molecule is CC(=O)c1cc(Cl)cc(NCc2ccccc2Sc2ccc(C)cc2)c1O. The van der Waals surface area contributed by atoms with Gasteiger partial charge < -0.3 is 10.4 Å². The molecule has 0 aromatic heterocycles. The lowest BCUT2D eigenvalue weighted by atomic mass is 10.1. The Kier molecular flexibility index (Phi) is 6.09. The maximum absolute atomic E-state index is 11.7. The number of ketones is 1. The minimum atomic E-state index is -0.228. The first kappa shape index (κ1) is 19.3. The Labute approximate surface area is 168 Å². The Balaban J connectivity index is 1.81. The second-order valence-electron chi connectivity index (χ2n) is 6.28. The summed E-state index contributed by atoms with van der Waals surface area (Å²) in [5.41, 5.74) is 2.98. The number of benzene rings is 3. The lowest BCUT2D eigenvalue weighted by molar-refractivity contribution is 0.101. The van der Waals surface area contributed by atoms with Gasteiger partial charge in [-0.2, -0.15) is 0 Å². The van der Waals surface area contributed by atoms with Crippen molar-refractivity contribution >= 4 is 34.8 Å². The summed E-state index contributed by atoms with van der Waals surface area (Å²) in [5, 5.41) is 14.0. The van der Waals surface area contributed by atoms with Crippen LogP contribution in [0.2, 0.25) is 5.02 Å². The Morgan fingerprint density at radius 3 is 2.52 bits per heavy atom. The predicted molar refractivity (Wildman–Crippen MR) is 112 cm³/mol. The van der Waals surface area contributed by atoms with Crippen LogP contribution in [0.4, 0.5) is 5.69 Å². The molecule has 0 radical (unpaired) electrons. The summed E-state index contributed by atoms with van der Waals surface area (Å²) in [6.07, 6.45) is 0. The minimum Gasteiger partial charge on any atom is -0.505 e. The number of rotatable bonds is 6. The monoisotopic (exact) mass is 397 g/mol. The molecule has 3 aromatic rings. The van der Waals surface area contributed by atoms with Crippen molar-refractivity contribution in [2.24, 2.45) is 0 Å². The molecule has 0 saturated carbocycles. The number of aryl methyl sites for hydroxylation is 1. The molecule has 3 aromatic carbocycles. The van der Waals surface area contributed by atoms with E-state index in [1.165, 1.54) is 18.6 Å². The normalized spacial score (nSPS) is 10.6. The summed E-state index contributed by atoms with van der Waals surface area (Å²) in [7, 11) is 0. The molecular weight excluding hydrogens is 378 g/mol. The Hall–Kier alpha value is -2.43. The van der Waals surface area contributed by atoms with Crippen LogP contribution in [-0.4, -0.2) is 10.9 Å². The fraction of sp³-hybridized carbons (Fsp3) is 0.136. The van der Waals surface area contributed by atoms with Gasteiger partial charge in [0.15, 0.2) is 5.78 Å². The molecule has 27 heavy (non-hydrogen) atoms. The quantitative estimate of drug-likeness (QED) is 0.377. The number of phenols is 1. The van der Waals surface area contributed by atoms with Crippen LogP contribution in [-0.2, 0) is 6.54 Å². The van der Waals surface area contributed by atoms with Gasteiger partial charge in [0, 0.05) is 21.4 Å². The minimum absolute atomic E-state index is 0.0735. The molecule has 0 saturated heterocycles. The summed E-state index contributed by atoms with van der Waals surface area (Å²) in [6, 6.07) is 19.6. The molecule has 5 heteroatoms. The van der Waals surface area contributed by atoms with Crippen molar-refractivity contribution in [3.8, 4) is 5.75 Å². The summed E-state index contributed by atoms with van der Waals surface area (Å²) in [6.45, 7) is 3.97. The highest BCUT2D eigenvalue weighted by atomic mass is 35.5. The van der Waals surface area contributed by atoms with Crippen molar-refractivity contribution in [3.05, 3.63) is 82.4 Å². The number of anilines is 1. The first-order valence-electron chi connectivity index (χ1n) is 8.54. The number of halogens is 1. The third kappa shape index (κ3) is 4.85. The molecule has 3 rings (SSSR count). The molecule has 0 aliphatic heterocycles. The van der Waals surface area contributed by atoms with Gasteiger partial charge in [-0.15, -0.1) is 0 Å². The lowest BCUT2D eigenvalue weighted by Gasteiger charge is -2.14. The number of aromatic hydroxyl groups is 1. The van der Waals surface area contributed by atoms with Crippen molar-refractivity contribution in [1.29, 1.82) is 0 Å². The van der Waals surface area contributed by atoms with Gasteiger partial charge in [0.1, 0.15) is 5.75 Å². The summed E-state index contributed by atoms with van der Waals surface area (Å²) < 4.78 is 0. The molecule has 3 nitrogen and oxygen atoms in total. The molecule has 138 valence electrons. The van der Waals surface area contributed by atoms with E-state index in [0.717, 1.165) is 15.4 Å². The van der Waals surface area contributed by atoms with Gasteiger partial charge in [0.05, 0.1) is 11.3 Å². The lowest BCUT2D eigenvalue weighted by Crippen LogP contribution is -2.03. The fourth-order valence-corrected chi connectivity index (χ4v) is 3.84. The number of carbonyl (C=O) groups excluding carboxylic acids is 1. The van der Waals surface area contributed by atoms with E-state index in [0.29, 0.717) is 17.3 Å². The third-order valence-corrected chi connectivity index (χ3v) is 5.49. The summed E-state index contributed by atoms with van der Waals surface area (Å²) in [5.74, 6) is -0.302. The topological polar surface area (TPSA) is 49.3 Å². The van der Waals surface area contributed by atoms with Gasteiger partial charge in [-0.05, 0) is 49.7 Å². The summed E-state index contributed by atoms with van der Waals surface area (Å²) >= 11 is 7.78. The molecule has 0 fully saturated rings. The van der Waals surface area contributed by atoms with Crippen molar-refractivity contribution in [2.45, 2.75) is 30.2 Å². The van der Waals surface area contributed by atoms with Gasteiger partial charge in [0.25, 0.3) is 0 Å². The number of Topliss-reactive ketones (excluding diaryl/α,β-unsaturated/α-hetero) is 1. The van der Waals surface area contributed by atoms with E-state index in [1.807, 2.05) is 18.2 Å². The number of carbonyl (C=O) groups is 1. The number of hydrogen-bond acceptors (Lipinski definition) is 4. The Bertz CT molecular complexity index is 971. The van der Waals surface area contributed by atoms with Gasteiger partial charge in [0.2, 0.25) is 0 Å². The van der Waals surface area contributed by atoms with Gasteiger partial charge in [-0.1, -0.05) is 59.3 Å². The third-order valence-electron chi connectivity index (χ3n) is 4.14. The number of phenolic OH excluding ortho intramolecular Hbond substituents is 1. The standard InChI is InChI=1S/C22H20ClNO2S/c1-14-7-9-18(10-8-14)27-21-6-4-3-5-16(21)13-24-20-12-17(23)11-19(15(2)25)22(20)26/h3-12,24,26H,13H2,1-2H3. The van der Waals surface area contributed by atoms with E-state index in [2.05, 4.69) is 42.6 Å². The van der Waals surface area contributed by atoms with Crippen molar-refractivity contribution in [2.75, 3.05) is 5.32 Å². The predicted octanol–water partition coefficient (Wildman–Crippen LogP) is 6.32. The Morgan fingerprint density at radius 1 is 1.11 bits per heavy atom. The molecule has 0 spiro atoms. The maximum atomic E-state index is 11.7. The summed E-state index contributed by atoms with van der Waals surface area (Å²) in [4.78, 5) is 14.0. The molecule has 0 amide bonds. The van der Waals surface area contributed by atoms with Gasteiger partial charge >= 0.3 is 0 Å². The van der Waals surface area contributed by atoms with Crippen molar-refractivity contribution in [1.82, 2.24) is 0 Å². The zero-order valence-electron chi connectivity index (χ0n) is 15.1. The second-order valence-corrected chi connectivity index (χ2v) is 7.83. The van der Waals surface area contributed by atoms with Crippen LogP contribution in [0.3, 0.4) is 0 Å². The highest BCUT2D eigenvalue weighted by Gasteiger charge is 2.13. The van der Waals surface area contributed by atoms with Crippen LogP contribution < -0.4 is 5.32 Å². The molecule has 0 aliphatic carbocycles. The van der Waals surface area contributed by atoms with Gasteiger partial charge in [-0.3, -0.25) is 4.79 Å². The van der Waals surface area contributed by atoms with Crippen LogP contribution in [0.1, 0.15) is 28.4 Å². The first-order valence-corrected chi connectivity index (χ1v) is 9.73. The van der Waals surface area contributed by atoms with E-state index in [9.17, 15) is 9.90 Å². The van der Waals surface area contributed by atoms with E-state index < -0.39 is 0 Å². The molecular formula is C22H20ClNO2S. The molecule has 0 heterocycles. The Morgan fingerprint density at radius 2 is 1.81 bits per heavy atom. The average Bonchev–Trinajstić information content (AvgIpc) is 2.65. The zero-order chi connectivity index (χ0) is 19.4. The van der Waals surface area contributed by atoms with Crippen LogP contribution in [0.15, 0.2) is 70.5 Å². The molecule has 0 unspecified atom stereocenters. The van der Waals surface area contributed by atoms with E-state index in [-0.39, 0.29) is 17.1 Å². The molecule has 2 N–H and O–H groups in total. The fourth-order valence-electron chi connectivity index (χ4n) is 2.68. The van der Waals surface area contributed by atoms with E-state index in [1.54, 1.807) is 17.8 Å². The smallest absolute Gasteiger partial charge is 0.163 e. The van der Waals surface area contributed by atoms with E-state index in [4.69, 9.17) is 11.6 Å². The van der Waals surface area contributed by atoms with E-state index >= 15 is 0 Å². The average molecular weight is 398 g/mol. The van der Waals surface area contributed by atoms with Crippen molar-refractivity contribution < 1.29 is 9.90 Å². The van der Waals surface area contributed by atoms with Crippen LogP contribution in [0.25, 0.3) is 0 Å². The number of nitrogens with one attached hydrogen (secondary N) is 1. The van der Waals surface area contributed by atoms with Crippen LogP contribution in [0, 0.1) is 6.92 Å². The second kappa shape index (κ2) is 8.51. The largest absolute Gasteiger partial charge is 0.505 e. The van der Waals surface area contributed by atoms with Gasteiger partial charge in [-0.25, -0.2) is 0 Å². The van der Waals surface area contributed by atoms with Crippen molar-refractivity contribution in [3.63, 3.8) is 0 Å². The molecule has 0 aliphatic rings. The zero-order valence-corrected chi connectivity index (χ0v) is 16.7. The molecule has 0 atom stereocenters. The maximum Gasteiger partial charge on any atom is 0.163 e. The first-order chi connectivity index (χ1) is 12.9. The highest BCUT2D eigenvalue weighted by molar-refractivity contribution is 7.99. The number of hydrogen-bond donors (Lipinski definition) is 2.